The highest BCUT2D eigenvalue weighted by atomic mass is 35.5. The van der Waals surface area contributed by atoms with Crippen molar-refractivity contribution in [3.05, 3.63) is 106 Å². The highest BCUT2D eigenvalue weighted by Crippen LogP contribution is 2.37. The zero-order valence-electron chi connectivity index (χ0n) is 19.4. The maximum atomic E-state index is 13.0. The molecule has 1 saturated heterocycles. The van der Waals surface area contributed by atoms with E-state index in [1.165, 1.54) is 5.39 Å². The minimum absolute atomic E-state index is 0.335. The van der Waals surface area contributed by atoms with E-state index >= 15 is 0 Å². The van der Waals surface area contributed by atoms with Gasteiger partial charge in [0, 0.05) is 5.02 Å². The predicted molar refractivity (Wildman–Crippen MR) is 146 cm³/mol. The maximum Gasteiger partial charge on any atom is 0.298 e. The predicted octanol–water partition coefficient (Wildman–Crippen LogP) is 7.71. The second-order valence-electron chi connectivity index (χ2n) is 8.10. The molecule has 7 heteroatoms. The van der Waals surface area contributed by atoms with Gasteiger partial charge in [0.1, 0.15) is 6.61 Å². The number of ether oxygens (including phenoxy) is 2. The van der Waals surface area contributed by atoms with Crippen LogP contribution in [0.3, 0.4) is 0 Å². The SMILES string of the molecule is CCOc1cc(/C=C2/SC(=O)N(c3ccc(Cl)cc3)C2=O)ccc1OCc1ccc2ccccc2c1. The Morgan fingerprint density at radius 3 is 2.42 bits per heavy atom. The molecule has 1 fully saturated rings. The van der Waals surface area contributed by atoms with E-state index in [2.05, 4.69) is 24.3 Å². The smallest absolute Gasteiger partial charge is 0.298 e. The molecular formula is C29H22ClNO4S. The Hall–Kier alpha value is -3.74. The van der Waals surface area contributed by atoms with E-state index in [0.717, 1.165) is 33.2 Å². The molecule has 0 spiro atoms. The first-order valence-electron chi connectivity index (χ1n) is 11.4. The monoisotopic (exact) mass is 515 g/mol. The van der Waals surface area contributed by atoms with Crippen LogP contribution in [0, 0.1) is 0 Å². The average molecular weight is 516 g/mol. The fourth-order valence-electron chi connectivity index (χ4n) is 3.92. The van der Waals surface area contributed by atoms with Crippen LogP contribution in [0.2, 0.25) is 5.02 Å². The lowest BCUT2D eigenvalue weighted by Crippen LogP contribution is -2.27. The van der Waals surface area contributed by atoms with Crippen LogP contribution in [0.4, 0.5) is 10.5 Å². The summed E-state index contributed by atoms with van der Waals surface area (Å²) in [7, 11) is 0. The van der Waals surface area contributed by atoms with Gasteiger partial charge in [-0.2, -0.15) is 0 Å². The molecule has 180 valence electrons. The molecule has 0 saturated carbocycles. The first-order valence-corrected chi connectivity index (χ1v) is 12.6. The van der Waals surface area contributed by atoms with Crippen molar-refractivity contribution in [3.63, 3.8) is 0 Å². The summed E-state index contributed by atoms with van der Waals surface area (Å²) in [6.07, 6.45) is 1.69. The molecule has 2 amide bonds. The third kappa shape index (κ3) is 5.10. The molecule has 1 aliphatic rings. The Balaban J connectivity index is 1.35. The lowest BCUT2D eigenvalue weighted by molar-refractivity contribution is -0.113. The van der Waals surface area contributed by atoms with Crippen LogP contribution < -0.4 is 14.4 Å². The number of carbonyl (C=O) groups excluding carboxylic acids is 2. The quantitative estimate of drug-likeness (QED) is 0.236. The normalized spacial score (nSPS) is 14.6. The first-order chi connectivity index (χ1) is 17.5. The van der Waals surface area contributed by atoms with Gasteiger partial charge in [0.15, 0.2) is 11.5 Å². The number of benzene rings is 4. The lowest BCUT2D eigenvalue weighted by Gasteiger charge is -2.13. The van der Waals surface area contributed by atoms with Crippen LogP contribution in [0.25, 0.3) is 16.8 Å². The minimum atomic E-state index is -0.373. The van der Waals surface area contributed by atoms with Crippen LogP contribution >= 0.6 is 23.4 Å². The molecule has 0 radical (unpaired) electrons. The standard InChI is InChI=1S/C29H22ClNO4S/c1-2-34-26-16-19(17-27-28(32)31(29(33)36-27)24-12-10-23(30)11-13-24)8-14-25(26)35-18-20-7-9-21-5-3-4-6-22(21)15-20/h3-17H,2,18H2,1H3/b27-17+. The van der Waals surface area contributed by atoms with Gasteiger partial charge < -0.3 is 9.47 Å². The molecule has 5 nitrogen and oxygen atoms in total. The summed E-state index contributed by atoms with van der Waals surface area (Å²) in [6, 6.07) is 26.5. The number of carbonyl (C=O) groups is 2. The van der Waals surface area contributed by atoms with E-state index in [0.29, 0.717) is 40.3 Å². The van der Waals surface area contributed by atoms with Crippen LogP contribution in [-0.2, 0) is 11.4 Å². The Labute approximate surface area is 218 Å². The van der Waals surface area contributed by atoms with Gasteiger partial charge in [-0.25, -0.2) is 4.90 Å². The Morgan fingerprint density at radius 2 is 1.64 bits per heavy atom. The van der Waals surface area contributed by atoms with Gasteiger partial charge in [-0.1, -0.05) is 54.1 Å². The third-order valence-electron chi connectivity index (χ3n) is 5.65. The van der Waals surface area contributed by atoms with Gasteiger partial charge in [0.25, 0.3) is 11.1 Å². The van der Waals surface area contributed by atoms with Crippen molar-refractivity contribution in [2.24, 2.45) is 0 Å². The number of hydrogen-bond acceptors (Lipinski definition) is 5. The highest BCUT2D eigenvalue weighted by molar-refractivity contribution is 8.19. The molecule has 36 heavy (non-hydrogen) atoms. The van der Waals surface area contributed by atoms with E-state index in [9.17, 15) is 9.59 Å². The van der Waals surface area contributed by atoms with Crippen molar-refractivity contribution in [3.8, 4) is 11.5 Å². The molecule has 0 aliphatic carbocycles. The molecule has 0 aromatic heterocycles. The van der Waals surface area contributed by atoms with Gasteiger partial charge in [-0.3, -0.25) is 9.59 Å². The molecule has 0 bridgehead atoms. The van der Waals surface area contributed by atoms with Gasteiger partial charge in [0.2, 0.25) is 0 Å². The number of rotatable bonds is 7. The van der Waals surface area contributed by atoms with Crippen molar-refractivity contribution >= 4 is 57.0 Å². The summed E-state index contributed by atoms with van der Waals surface area (Å²) in [6.45, 7) is 2.75. The number of hydrogen-bond donors (Lipinski definition) is 0. The molecule has 0 N–H and O–H groups in total. The summed E-state index contributed by atoms with van der Waals surface area (Å²) in [5, 5.41) is 2.52. The van der Waals surface area contributed by atoms with Crippen molar-refractivity contribution in [1.82, 2.24) is 0 Å². The number of halogens is 1. The van der Waals surface area contributed by atoms with Crippen molar-refractivity contribution in [1.29, 1.82) is 0 Å². The average Bonchev–Trinajstić information content (AvgIpc) is 3.16. The first kappa shape index (κ1) is 24.0. The van der Waals surface area contributed by atoms with Crippen LogP contribution in [-0.4, -0.2) is 17.8 Å². The molecular weight excluding hydrogens is 494 g/mol. The molecule has 5 rings (SSSR count). The zero-order chi connectivity index (χ0) is 25.1. The second-order valence-corrected chi connectivity index (χ2v) is 9.53. The topological polar surface area (TPSA) is 55.8 Å². The van der Waals surface area contributed by atoms with Gasteiger partial charge in [-0.15, -0.1) is 0 Å². The van der Waals surface area contributed by atoms with Crippen molar-refractivity contribution in [2.75, 3.05) is 11.5 Å². The second kappa shape index (κ2) is 10.5. The zero-order valence-corrected chi connectivity index (χ0v) is 21.0. The molecule has 1 aliphatic heterocycles. The minimum Gasteiger partial charge on any atom is -0.490 e. The molecule has 4 aromatic rings. The molecule has 4 aromatic carbocycles. The summed E-state index contributed by atoms with van der Waals surface area (Å²) < 4.78 is 11.9. The number of imide groups is 1. The van der Waals surface area contributed by atoms with Gasteiger partial charge >= 0.3 is 0 Å². The summed E-state index contributed by atoms with van der Waals surface area (Å²) in [5.41, 5.74) is 2.27. The molecule has 0 unspecified atom stereocenters. The van der Waals surface area contributed by atoms with Crippen LogP contribution in [0.1, 0.15) is 18.1 Å². The van der Waals surface area contributed by atoms with Crippen molar-refractivity contribution in [2.45, 2.75) is 13.5 Å². The van der Waals surface area contributed by atoms with Crippen molar-refractivity contribution < 1.29 is 19.1 Å². The number of fused-ring (bicyclic) bond motifs is 1. The van der Waals surface area contributed by atoms with Gasteiger partial charge in [0.05, 0.1) is 17.2 Å². The summed E-state index contributed by atoms with van der Waals surface area (Å²) in [5.74, 6) is 0.808. The van der Waals surface area contributed by atoms with Gasteiger partial charge in [-0.05, 0) is 89.1 Å². The largest absolute Gasteiger partial charge is 0.490 e. The number of amides is 2. The number of nitrogens with zero attached hydrogens (tertiary/aromatic N) is 1. The summed E-state index contributed by atoms with van der Waals surface area (Å²) >= 11 is 6.83. The van der Waals surface area contributed by atoms with E-state index in [1.807, 2.05) is 43.3 Å². The fourth-order valence-corrected chi connectivity index (χ4v) is 4.89. The van der Waals surface area contributed by atoms with Crippen LogP contribution in [0.15, 0.2) is 89.8 Å². The molecule has 0 atom stereocenters. The van der Waals surface area contributed by atoms with Crippen LogP contribution in [0.5, 0.6) is 11.5 Å². The Kier molecular flexibility index (Phi) is 6.98. The molecule has 1 heterocycles. The Bertz CT molecular complexity index is 1480. The van der Waals surface area contributed by atoms with E-state index in [1.54, 1.807) is 30.3 Å². The van der Waals surface area contributed by atoms with E-state index in [4.69, 9.17) is 21.1 Å². The number of thioether (sulfide) groups is 1. The maximum absolute atomic E-state index is 13.0. The number of anilines is 1. The lowest BCUT2D eigenvalue weighted by atomic mass is 10.1. The van der Waals surface area contributed by atoms with E-state index in [-0.39, 0.29) is 11.1 Å². The highest BCUT2D eigenvalue weighted by Gasteiger charge is 2.36. The fraction of sp³-hybridized carbons (Fsp3) is 0.103. The Morgan fingerprint density at radius 1 is 0.861 bits per heavy atom. The third-order valence-corrected chi connectivity index (χ3v) is 6.77. The van der Waals surface area contributed by atoms with E-state index < -0.39 is 0 Å². The summed E-state index contributed by atoms with van der Waals surface area (Å²) in [4.78, 5) is 27.0.